The second-order valence-corrected chi connectivity index (χ2v) is 5.23. The molecule has 0 aliphatic rings. The maximum absolute atomic E-state index is 11.3. The van der Waals surface area contributed by atoms with E-state index < -0.39 is 0 Å². The third-order valence-electron chi connectivity index (χ3n) is 2.97. The smallest absolute Gasteiger partial charge is 0.308 e. The molecule has 3 heteroatoms. The van der Waals surface area contributed by atoms with Gasteiger partial charge in [-0.05, 0) is 27.6 Å². The Bertz CT molecular complexity index is 620. The van der Waals surface area contributed by atoms with Gasteiger partial charge in [-0.3, -0.25) is 4.79 Å². The van der Waals surface area contributed by atoms with Crippen LogP contribution in [0.15, 0.2) is 65.7 Å². The molecule has 2 rings (SSSR count). The Balaban J connectivity index is 2.52. The number of hydrogen-bond acceptors (Lipinski definition) is 2. The molecule has 0 aromatic heterocycles. The van der Waals surface area contributed by atoms with E-state index in [0.717, 1.165) is 15.6 Å². The van der Waals surface area contributed by atoms with E-state index in [2.05, 4.69) is 22.5 Å². The summed E-state index contributed by atoms with van der Waals surface area (Å²) in [6.07, 6.45) is 1.85. The van der Waals surface area contributed by atoms with Crippen LogP contribution in [0.1, 0.15) is 24.0 Å². The number of hydrogen-bond donors (Lipinski definition) is 0. The summed E-state index contributed by atoms with van der Waals surface area (Å²) >= 11 is 3.43. The maximum Gasteiger partial charge on any atom is 0.308 e. The van der Waals surface area contributed by atoms with Crippen LogP contribution < -0.4 is 4.74 Å². The molecule has 1 atom stereocenters. The van der Waals surface area contributed by atoms with Crippen molar-refractivity contribution in [1.82, 2.24) is 0 Å². The number of carbonyl (C=O) groups is 1. The molecule has 102 valence electrons. The van der Waals surface area contributed by atoms with Crippen molar-refractivity contribution in [3.63, 3.8) is 0 Å². The molecule has 2 nitrogen and oxygen atoms in total. The number of para-hydroxylation sites is 1. The molecule has 0 saturated heterocycles. The number of esters is 1. The van der Waals surface area contributed by atoms with Gasteiger partial charge in [0.25, 0.3) is 0 Å². The fourth-order valence-corrected chi connectivity index (χ4v) is 2.59. The molecule has 0 heterocycles. The van der Waals surface area contributed by atoms with Crippen LogP contribution in [-0.2, 0) is 4.79 Å². The highest BCUT2D eigenvalue weighted by molar-refractivity contribution is 9.10. The van der Waals surface area contributed by atoms with Crippen molar-refractivity contribution >= 4 is 21.9 Å². The lowest BCUT2D eigenvalue weighted by atomic mass is 9.91. The van der Waals surface area contributed by atoms with Gasteiger partial charge in [0.1, 0.15) is 5.75 Å². The van der Waals surface area contributed by atoms with Gasteiger partial charge in [-0.2, -0.15) is 0 Å². The van der Waals surface area contributed by atoms with Crippen molar-refractivity contribution in [3.05, 3.63) is 76.8 Å². The fourth-order valence-electron chi connectivity index (χ4n) is 2.12. The van der Waals surface area contributed by atoms with Crippen LogP contribution in [0.2, 0.25) is 0 Å². The van der Waals surface area contributed by atoms with Crippen molar-refractivity contribution in [2.75, 3.05) is 0 Å². The second-order valence-electron chi connectivity index (χ2n) is 4.38. The molecule has 20 heavy (non-hydrogen) atoms. The first-order chi connectivity index (χ1) is 9.63. The van der Waals surface area contributed by atoms with Gasteiger partial charge in [0.15, 0.2) is 0 Å². The monoisotopic (exact) mass is 330 g/mol. The Labute approximate surface area is 127 Å². The summed E-state index contributed by atoms with van der Waals surface area (Å²) in [4.78, 5) is 11.3. The zero-order chi connectivity index (χ0) is 14.5. The minimum atomic E-state index is -0.339. The summed E-state index contributed by atoms with van der Waals surface area (Å²) < 4.78 is 6.10. The molecule has 0 radical (unpaired) electrons. The fraction of sp³-hybridized carbons (Fsp3) is 0.118. The molecular weight excluding hydrogens is 316 g/mol. The van der Waals surface area contributed by atoms with E-state index in [1.165, 1.54) is 6.92 Å². The molecule has 2 aromatic carbocycles. The van der Waals surface area contributed by atoms with E-state index >= 15 is 0 Å². The van der Waals surface area contributed by atoms with Crippen LogP contribution in [0.3, 0.4) is 0 Å². The topological polar surface area (TPSA) is 26.3 Å². The van der Waals surface area contributed by atoms with E-state index in [0.29, 0.717) is 5.75 Å². The van der Waals surface area contributed by atoms with Gasteiger partial charge in [-0.1, -0.05) is 48.5 Å². The Morgan fingerprint density at radius 2 is 1.90 bits per heavy atom. The average Bonchev–Trinajstić information content (AvgIpc) is 2.44. The molecular formula is C17H15BrO2. The number of rotatable bonds is 4. The highest BCUT2D eigenvalue weighted by Gasteiger charge is 2.18. The molecule has 1 unspecified atom stereocenters. The lowest BCUT2D eigenvalue weighted by Crippen LogP contribution is -2.07. The van der Waals surface area contributed by atoms with Gasteiger partial charge in [-0.25, -0.2) is 0 Å². The van der Waals surface area contributed by atoms with Gasteiger partial charge < -0.3 is 4.74 Å². The van der Waals surface area contributed by atoms with Crippen LogP contribution in [0.5, 0.6) is 5.75 Å². The van der Waals surface area contributed by atoms with Crippen LogP contribution in [0, 0.1) is 0 Å². The summed E-state index contributed by atoms with van der Waals surface area (Å²) in [5.41, 5.74) is 2.02. The second kappa shape index (κ2) is 6.53. The van der Waals surface area contributed by atoms with Crippen LogP contribution in [0.4, 0.5) is 0 Å². The predicted octanol–water partition coefficient (Wildman–Crippen LogP) is 4.69. The molecule has 0 fully saturated rings. The minimum Gasteiger partial charge on any atom is -0.425 e. The molecule has 0 spiro atoms. The van der Waals surface area contributed by atoms with Crippen molar-refractivity contribution in [2.24, 2.45) is 0 Å². The molecule has 0 amide bonds. The molecule has 0 N–H and O–H groups in total. The van der Waals surface area contributed by atoms with Crippen LogP contribution in [0.25, 0.3) is 0 Å². The first kappa shape index (κ1) is 14.5. The number of halogens is 1. The van der Waals surface area contributed by atoms with Gasteiger partial charge in [-0.15, -0.1) is 6.58 Å². The summed E-state index contributed by atoms with van der Waals surface area (Å²) in [7, 11) is 0. The third kappa shape index (κ3) is 3.17. The van der Waals surface area contributed by atoms with Crippen molar-refractivity contribution < 1.29 is 9.53 Å². The van der Waals surface area contributed by atoms with Gasteiger partial charge >= 0.3 is 5.97 Å². The highest BCUT2D eigenvalue weighted by Crippen LogP contribution is 2.37. The lowest BCUT2D eigenvalue weighted by Gasteiger charge is -2.18. The molecule has 0 aliphatic carbocycles. The Hall–Kier alpha value is -1.87. The first-order valence-corrected chi connectivity index (χ1v) is 7.07. The molecule has 2 aromatic rings. The molecule has 0 saturated carbocycles. The summed E-state index contributed by atoms with van der Waals surface area (Å²) in [6, 6.07) is 15.7. The standard InChI is InChI=1S/C17H15BrO2/c1-3-14(13-8-5-4-6-9-13)15-10-7-11-16(18)17(15)20-12(2)19/h3-11,14H,1H2,2H3. The average molecular weight is 331 g/mol. The lowest BCUT2D eigenvalue weighted by molar-refractivity contribution is -0.132. The number of allylic oxidation sites excluding steroid dienone is 1. The predicted molar refractivity (Wildman–Crippen MR) is 83.9 cm³/mol. The zero-order valence-corrected chi connectivity index (χ0v) is 12.8. The van der Waals surface area contributed by atoms with Crippen LogP contribution >= 0.6 is 15.9 Å². The van der Waals surface area contributed by atoms with Crippen molar-refractivity contribution in [3.8, 4) is 5.75 Å². The van der Waals surface area contributed by atoms with E-state index in [-0.39, 0.29) is 11.9 Å². The maximum atomic E-state index is 11.3. The number of carbonyl (C=O) groups excluding carboxylic acids is 1. The van der Waals surface area contributed by atoms with E-state index in [4.69, 9.17) is 4.74 Å². The van der Waals surface area contributed by atoms with Gasteiger partial charge in [0, 0.05) is 18.4 Å². The zero-order valence-electron chi connectivity index (χ0n) is 11.2. The Kier molecular flexibility index (Phi) is 4.74. The quantitative estimate of drug-likeness (QED) is 0.461. The highest BCUT2D eigenvalue weighted by atomic mass is 79.9. The van der Waals surface area contributed by atoms with Crippen molar-refractivity contribution in [2.45, 2.75) is 12.8 Å². The normalized spacial score (nSPS) is 11.7. The molecule has 0 bridgehead atoms. The summed E-state index contributed by atoms with van der Waals surface area (Å²) in [6.45, 7) is 5.31. The third-order valence-corrected chi connectivity index (χ3v) is 3.60. The van der Waals surface area contributed by atoms with Gasteiger partial charge in [0.2, 0.25) is 0 Å². The van der Waals surface area contributed by atoms with Crippen LogP contribution in [-0.4, -0.2) is 5.97 Å². The Morgan fingerprint density at radius 3 is 2.50 bits per heavy atom. The number of ether oxygens (including phenoxy) is 1. The summed E-state index contributed by atoms with van der Waals surface area (Å²) in [5, 5.41) is 0. The van der Waals surface area contributed by atoms with E-state index in [1.807, 2.05) is 54.6 Å². The number of benzene rings is 2. The Morgan fingerprint density at radius 1 is 1.20 bits per heavy atom. The minimum absolute atomic E-state index is 0.0250. The van der Waals surface area contributed by atoms with Crippen molar-refractivity contribution in [1.29, 1.82) is 0 Å². The van der Waals surface area contributed by atoms with E-state index in [1.54, 1.807) is 0 Å². The van der Waals surface area contributed by atoms with Gasteiger partial charge in [0.05, 0.1) is 4.47 Å². The van der Waals surface area contributed by atoms with E-state index in [9.17, 15) is 4.79 Å². The first-order valence-electron chi connectivity index (χ1n) is 6.27. The largest absolute Gasteiger partial charge is 0.425 e. The molecule has 0 aliphatic heterocycles. The SMILES string of the molecule is C=CC(c1ccccc1)c1cccc(Br)c1OC(C)=O. The summed E-state index contributed by atoms with van der Waals surface area (Å²) in [5.74, 6) is 0.186.